The first-order valence-corrected chi connectivity index (χ1v) is 18.3. The Bertz CT molecular complexity index is 1930. The van der Waals surface area contributed by atoms with Crippen molar-refractivity contribution in [1.29, 1.82) is 0 Å². The van der Waals surface area contributed by atoms with E-state index in [2.05, 4.69) is 69.8 Å². The number of nitrogens with zero attached hydrogens (tertiary/aromatic N) is 1. The number of aromatic nitrogens is 1. The Morgan fingerprint density at radius 2 is 1.65 bits per heavy atom. The first kappa shape index (κ1) is 39.7. The van der Waals surface area contributed by atoms with Crippen molar-refractivity contribution in [2.45, 2.75) is 105 Å². The summed E-state index contributed by atoms with van der Waals surface area (Å²) in [7, 11) is 0. The van der Waals surface area contributed by atoms with E-state index >= 15 is 0 Å². The van der Waals surface area contributed by atoms with Crippen LogP contribution < -0.4 is 0 Å². The third-order valence-corrected chi connectivity index (χ3v) is 11.8. The Morgan fingerprint density at radius 3 is 2.23 bits per heavy atom. The van der Waals surface area contributed by atoms with Gasteiger partial charge in [-0.3, -0.25) is 4.79 Å². The molecule has 3 heterocycles. The number of rotatable bonds is 10. The molecule has 1 radical (unpaired) electrons. The number of ketones is 1. The maximum Gasteiger partial charge on any atom is 0.164 e. The van der Waals surface area contributed by atoms with E-state index in [0.29, 0.717) is 0 Å². The van der Waals surface area contributed by atoms with Gasteiger partial charge in [0.1, 0.15) is 17.1 Å². The molecule has 0 aliphatic heterocycles. The summed E-state index contributed by atoms with van der Waals surface area (Å²) in [6.45, 7) is 24.7. The van der Waals surface area contributed by atoms with Crippen LogP contribution in [0, 0.1) is 23.8 Å². The predicted molar refractivity (Wildman–Crippen MR) is 204 cm³/mol. The molecule has 5 aromatic rings. The molecule has 0 saturated heterocycles. The molecule has 0 bridgehead atoms. The van der Waals surface area contributed by atoms with Crippen molar-refractivity contribution in [1.82, 2.24) is 4.98 Å². The SMILES string of the molecule is C=CSc1c[c-]c(-c2nccc3sc4cc5oc(C)cc5cc4c23)cc1C(C)(C)C.CCC(C)(CC)C(=O)/C=C(\O)C(C)(CC)CC.[Ir]. The minimum absolute atomic E-state index is 0. The minimum atomic E-state index is -0.337. The van der Waals surface area contributed by atoms with Crippen LogP contribution in [0.3, 0.4) is 0 Å². The van der Waals surface area contributed by atoms with Crippen LogP contribution in [0.5, 0.6) is 0 Å². The van der Waals surface area contributed by atoms with Gasteiger partial charge in [0, 0.05) is 58.0 Å². The molecule has 1 N–H and O–H groups in total. The molecule has 5 rings (SSSR count). The zero-order valence-corrected chi connectivity index (χ0v) is 34.1. The molecule has 0 amide bonds. The molecule has 0 atom stereocenters. The van der Waals surface area contributed by atoms with E-state index in [0.717, 1.165) is 53.7 Å². The fourth-order valence-corrected chi connectivity index (χ4v) is 7.57. The smallest absolute Gasteiger partial charge is 0.164 e. The van der Waals surface area contributed by atoms with E-state index in [1.54, 1.807) is 23.1 Å². The molecule has 0 spiro atoms. The fraction of sp³-hybridized carbons (Fsp3) is 0.415. The summed E-state index contributed by atoms with van der Waals surface area (Å²) in [5.41, 5.74) is 3.65. The molecule has 259 valence electrons. The van der Waals surface area contributed by atoms with Crippen LogP contribution in [0.2, 0.25) is 0 Å². The van der Waals surface area contributed by atoms with E-state index < -0.39 is 0 Å². The summed E-state index contributed by atoms with van der Waals surface area (Å²) in [4.78, 5) is 18.2. The summed E-state index contributed by atoms with van der Waals surface area (Å²) in [5.74, 6) is 1.22. The molecule has 0 unspecified atom stereocenters. The molecule has 0 aliphatic rings. The molecule has 7 heteroatoms. The number of aryl methyl sites for hydroxylation is 1. The maximum absolute atomic E-state index is 12.2. The van der Waals surface area contributed by atoms with Crippen molar-refractivity contribution in [2.75, 3.05) is 0 Å². The van der Waals surface area contributed by atoms with E-state index in [4.69, 9.17) is 9.40 Å². The molecule has 0 aliphatic carbocycles. The van der Waals surface area contributed by atoms with Crippen molar-refractivity contribution in [3.63, 3.8) is 0 Å². The largest absolute Gasteiger partial charge is 0.512 e. The molecule has 0 fully saturated rings. The summed E-state index contributed by atoms with van der Waals surface area (Å²) < 4.78 is 8.30. The number of allylic oxidation sites excluding steroid dienone is 2. The monoisotopic (exact) mass is 861 g/mol. The third kappa shape index (κ3) is 8.18. The van der Waals surface area contributed by atoms with Gasteiger partial charge < -0.3 is 14.5 Å². The molecule has 48 heavy (non-hydrogen) atoms. The van der Waals surface area contributed by atoms with Crippen LogP contribution in [0.25, 0.3) is 42.4 Å². The van der Waals surface area contributed by atoms with Crippen LogP contribution in [0.4, 0.5) is 0 Å². The average molecular weight is 861 g/mol. The quantitative estimate of drug-likeness (QED) is 0.0656. The van der Waals surface area contributed by atoms with E-state index in [9.17, 15) is 9.90 Å². The van der Waals surface area contributed by atoms with Gasteiger partial charge in [-0.25, -0.2) is 0 Å². The van der Waals surface area contributed by atoms with Crippen LogP contribution in [0.1, 0.15) is 99.3 Å². The number of aliphatic hydroxyl groups is 1. The summed E-state index contributed by atoms with van der Waals surface area (Å²) >= 11 is 3.43. The zero-order chi connectivity index (χ0) is 34.7. The Labute approximate surface area is 308 Å². The predicted octanol–water partition coefficient (Wildman–Crippen LogP) is 13.2. The molecule has 0 saturated carbocycles. The number of carbonyl (C=O) groups excluding carboxylic acids is 1. The second-order valence-electron chi connectivity index (χ2n) is 14.0. The van der Waals surface area contributed by atoms with Crippen molar-refractivity contribution in [2.24, 2.45) is 10.8 Å². The number of pyridine rings is 1. The van der Waals surface area contributed by atoms with E-state index in [-0.39, 0.29) is 47.9 Å². The number of hydrogen-bond donors (Lipinski definition) is 1. The number of thiophene rings is 1. The van der Waals surface area contributed by atoms with Crippen molar-refractivity contribution in [3.05, 3.63) is 83.8 Å². The number of hydrogen-bond acceptors (Lipinski definition) is 6. The van der Waals surface area contributed by atoms with Crippen molar-refractivity contribution in [3.8, 4) is 11.3 Å². The van der Waals surface area contributed by atoms with Gasteiger partial charge in [-0.15, -0.1) is 40.7 Å². The van der Waals surface area contributed by atoms with Crippen LogP contribution in [-0.2, 0) is 30.3 Å². The third-order valence-electron chi connectivity index (χ3n) is 9.93. The number of benzene rings is 2. The summed E-state index contributed by atoms with van der Waals surface area (Å²) in [6, 6.07) is 16.4. The van der Waals surface area contributed by atoms with Gasteiger partial charge in [-0.05, 0) is 84.2 Å². The molecule has 2 aromatic carbocycles. The number of fused-ring (bicyclic) bond motifs is 4. The van der Waals surface area contributed by atoms with Gasteiger partial charge in [0.2, 0.25) is 0 Å². The average Bonchev–Trinajstić information content (AvgIpc) is 3.60. The number of carbonyl (C=O) groups is 1. The topological polar surface area (TPSA) is 63.3 Å². The Morgan fingerprint density at radius 1 is 1.00 bits per heavy atom. The van der Waals surface area contributed by atoms with Crippen molar-refractivity contribution < 1.29 is 34.4 Å². The Balaban J connectivity index is 0.000000301. The van der Waals surface area contributed by atoms with Crippen LogP contribution in [-0.4, -0.2) is 15.9 Å². The van der Waals surface area contributed by atoms with Gasteiger partial charge in [0.15, 0.2) is 5.78 Å². The van der Waals surface area contributed by atoms with Gasteiger partial charge in [0.05, 0.1) is 0 Å². The Kier molecular flexibility index (Phi) is 13.2. The minimum Gasteiger partial charge on any atom is -0.512 e. The first-order chi connectivity index (χ1) is 22.1. The number of thioether (sulfide) groups is 1. The summed E-state index contributed by atoms with van der Waals surface area (Å²) in [5, 5.41) is 15.6. The van der Waals surface area contributed by atoms with Gasteiger partial charge >= 0.3 is 0 Å². The normalized spacial score (nSPS) is 12.6. The number of furan rings is 1. The van der Waals surface area contributed by atoms with Crippen LogP contribution >= 0.6 is 23.1 Å². The first-order valence-electron chi connectivity index (χ1n) is 16.7. The fourth-order valence-electron chi connectivity index (χ4n) is 5.66. The van der Waals surface area contributed by atoms with Crippen molar-refractivity contribution >= 4 is 60.0 Å². The molecule has 3 aromatic heterocycles. The van der Waals surface area contributed by atoms with Gasteiger partial charge in [-0.1, -0.05) is 73.8 Å². The van der Waals surface area contributed by atoms with E-state index in [1.807, 2.05) is 60.1 Å². The second-order valence-corrected chi connectivity index (χ2v) is 16.1. The van der Waals surface area contributed by atoms with Gasteiger partial charge in [0.25, 0.3) is 0 Å². The molecular formula is C41H50IrNO3S2-. The van der Waals surface area contributed by atoms with E-state index in [1.165, 1.54) is 36.7 Å². The molecule has 4 nitrogen and oxygen atoms in total. The van der Waals surface area contributed by atoms with Gasteiger partial charge in [-0.2, -0.15) is 11.8 Å². The second kappa shape index (κ2) is 15.9. The number of aliphatic hydroxyl groups excluding tert-OH is 1. The maximum atomic E-state index is 12.2. The summed E-state index contributed by atoms with van der Waals surface area (Å²) in [6.07, 6.45) is 6.66. The Hall–Kier alpha value is -2.70. The molecular weight excluding hydrogens is 811 g/mol. The van der Waals surface area contributed by atoms with Crippen LogP contribution in [0.15, 0.2) is 75.7 Å². The standard InChI is InChI=1S/C26H22NOS2.C15H28O2.Ir/c1-6-29-21-8-7-16(13-19(21)26(3,4)5)25-24-18-12-17-11-15(2)28-20(17)14-23(18)30-22(24)9-10-27-25;1-7-14(5,8-2)12(16)11-13(17)15(6,9-3)10-4;/h6,8-14H,1H2,2-5H3;11,16H,7-10H2,1-6H3;/q-1;;/b;12-11-;. The zero-order valence-electron chi connectivity index (χ0n) is 30.1.